The van der Waals surface area contributed by atoms with E-state index in [4.69, 9.17) is 4.74 Å². The van der Waals surface area contributed by atoms with E-state index >= 15 is 0 Å². The summed E-state index contributed by atoms with van der Waals surface area (Å²) >= 11 is 0. The van der Waals surface area contributed by atoms with Crippen molar-refractivity contribution in [1.82, 2.24) is 10.6 Å². The van der Waals surface area contributed by atoms with Gasteiger partial charge in [-0.15, -0.1) is 0 Å². The maximum absolute atomic E-state index is 12.0. The van der Waals surface area contributed by atoms with E-state index in [0.717, 1.165) is 16.9 Å². The fourth-order valence-electron chi connectivity index (χ4n) is 2.17. The Labute approximate surface area is 128 Å². The summed E-state index contributed by atoms with van der Waals surface area (Å²) in [6.45, 7) is 10.8. The Kier molecular flexibility index (Phi) is 6.69. The lowest BCUT2D eigenvalue weighted by Crippen LogP contribution is -2.44. The molecule has 0 saturated heterocycles. The van der Waals surface area contributed by atoms with Gasteiger partial charge in [-0.25, -0.2) is 0 Å². The van der Waals surface area contributed by atoms with Crippen molar-refractivity contribution in [2.24, 2.45) is 5.92 Å². The van der Waals surface area contributed by atoms with Crippen LogP contribution in [-0.4, -0.2) is 25.6 Å². The van der Waals surface area contributed by atoms with Crippen LogP contribution in [0.2, 0.25) is 0 Å². The van der Waals surface area contributed by atoms with Gasteiger partial charge in [0.2, 0.25) is 5.91 Å². The highest BCUT2D eigenvalue weighted by Crippen LogP contribution is 2.26. The zero-order valence-corrected chi connectivity index (χ0v) is 14.0. The van der Waals surface area contributed by atoms with Crippen LogP contribution < -0.4 is 15.4 Å². The second-order valence-electron chi connectivity index (χ2n) is 5.99. The molecule has 2 atom stereocenters. The zero-order chi connectivity index (χ0) is 16.0. The smallest absolute Gasteiger partial charge is 0.236 e. The van der Waals surface area contributed by atoms with E-state index < -0.39 is 0 Å². The number of hydrogen-bond acceptors (Lipinski definition) is 3. The molecule has 0 fully saturated rings. The van der Waals surface area contributed by atoms with Crippen LogP contribution in [0, 0.1) is 12.8 Å². The summed E-state index contributed by atoms with van der Waals surface area (Å²) < 4.78 is 5.43. The fraction of sp³-hybridized carbons (Fsp3) is 0.588. The highest BCUT2D eigenvalue weighted by atomic mass is 16.5. The number of rotatable bonds is 7. The molecule has 1 aromatic carbocycles. The van der Waals surface area contributed by atoms with E-state index in [9.17, 15) is 4.79 Å². The van der Waals surface area contributed by atoms with Gasteiger partial charge in [0.05, 0.1) is 13.2 Å². The molecule has 1 rings (SSSR count). The van der Waals surface area contributed by atoms with Gasteiger partial charge in [0.25, 0.3) is 0 Å². The van der Waals surface area contributed by atoms with E-state index in [1.54, 1.807) is 7.11 Å². The molecule has 4 heteroatoms. The number of ether oxygens (including phenoxy) is 1. The Hall–Kier alpha value is -1.55. The molecule has 0 aliphatic heterocycles. The maximum atomic E-state index is 12.0. The number of carbonyl (C=O) groups excluding carboxylic acids is 1. The molecule has 2 unspecified atom stereocenters. The van der Waals surface area contributed by atoms with Gasteiger partial charge in [0.1, 0.15) is 5.75 Å². The van der Waals surface area contributed by atoms with E-state index in [1.807, 2.05) is 32.9 Å². The molecule has 1 amide bonds. The number of amides is 1. The number of hydrogen-bond donors (Lipinski definition) is 2. The molecule has 0 spiro atoms. The largest absolute Gasteiger partial charge is 0.496 e. The third kappa shape index (κ3) is 5.38. The summed E-state index contributed by atoms with van der Waals surface area (Å²) in [6, 6.07) is 5.91. The molecular formula is C17H28N2O2. The van der Waals surface area contributed by atoms with Gasteiger partial charge >= 0.3 is 0 Å². The van der Waals surface area contributed by atoms with Crippen LogP contribution in [0.15, 0.2) is 18.2 Å². The first-order valence-corrected chi connectivity index (χ1v) is 7.53. The lowest BCUT2D eigenvalue weighted by atomic mass is 10.0. The molecule has 0 bridgehead atoms. The molecule has 0 saturated carbocycles. The zero-order valence-electron chi connectivity index (χ0n) is 14.0. The molecule has 2 N–H and O–H groups in total. The molecule has 21 heavy (non-hydrogen) atoms. The van der Waals surface area contributed by atoms with Crippen LogP contribution in [0.1, 0.15) is 44.9 Å². The van der Waals surface area contributed by atoms with Gasteiger partial charge in [0, 0.05) is 18.2 Å². The molecular weight excluding hydrogens is 264 g/mol. The van der Waals surface area contributed by atoms with E-state index in [-0.39, 0.29) is 18.0 Å². The first kappa shape index (κ1) is 17.5. The molecule has 1 aromatic rings. The van der Waals surface area contributed by atoms with E-state index in [2.05, 4.69) is 30.5 Å². The van der Waals surface area contributed by atoms with Crippen LogP contribution in [0.5, 0.6) is 5.75 Å². The lowest BCUT2D eigenvalue weighted by Gasteiger charge is -2.22. The third-order valence-electron chi connectivity index (χ3n) is 3.43. The van der Waals surface area contributed by atoms with Crippen molar-refractivity contribution in [3.05, 3.63) is 29.3 Å². The first-order chi connectivity index (χ1) is 9.85. The predicted molar refractivity (Wildman–Crippen MR) is 86.6 cm³/mol. The Morgan fingerprint density at radius 1 is 1.24 bits per heavy atom. The molecule has 0 heterocycles. The van der Waals surface area contributed by atoms with Gasteiger partial charge < -0.3 is 10.1 Å². The van der Waals surface area contributed by atoms with Crippen LogP contribution in [0.3, 0.4) is 0 Å². The van der Waals surface area contributed by atoms with Crippen molar-refractivity contribution < 1.29 is 9.53 Å². The molecule has 118 valence electrons. The Bertz CT molecular complexity index is 472. The highest BCUT2D eigenvalue weighted by Gasteiger charge is 2.18. The quantitative estimate of drug-likeness (QED) is 0.812. The van der Waals surface area contributed by atoms with Crippen LogP contribution in [0.4, 0.5) is 0 Å². The van der Waals surface area contributed by atoms with Gasteiger partial charge in [-0.2, -0.15) is 0 Å². The average Bonchev–Trinajstić information content (AvgIpc) is 2.43. The normalized spacial score (nSPS) is 13.9. The number of nitrogens with one attached hydrogen (secondary N) is 2. The Morgan fingerprint density at radius 2 is 1.90 bits per heavy atom. The highest BCUT2D eigenvalue weighted by molar-refractivity contribution is 5.81. The second kappa shape index (κ2) is 8.03. The average molecular weight is 292 g/mol. The van der Waals surface area contributed by atoms with Crippen LogP contribution in [0.25, 0.3) is 0 Å². The van der Waals surface area contributed by atoms with Gasteiger partial charge in [-0.05, 0) is 38.3 Å². The lowest BCUT2D eigenvalue weighted by molar-refractivity contribution is -0.123. The van der Waals surface area contributed by atoms with Crippen molar-refractivity contribution in [2.75, 3.05) is 13.7 Å². The summed E-state index contributed by atoms with van der Waals surface area (Å²) in [5, 5.41) is 6.27. The number of aryl methyl sites for hydroxylation is 1. The van der Waals surface area contributed by atoms with Crippen molar-refractivity contribution in [3.8, 4) is 5.75 Å². The standard InChI is InChI=1S/C17H28N2O2/c1-11(2)10-18-17(20)14(5)19-13(4)15-8-7-12(3)9-16(15)21-6/h7-9,11,13-14,19H,10H2,1-6H3,(H,18,20). The third-order valence-corrected chi connectivity index (χ3v) is 3.43. The molecule has 0 aromatic heterocycles. The van der Waals surface area contributed by atoms with Crippen molar-refractivity contribution in [3.63, 3.8) is 0 Å². The minimum absolute atomic E-state index is 0.0293. The molecule has 4 nitrogen and oxygen atoms in total. The molecule has 0 aliphatic rings. The van der Waals surface area contributed by atoms with E-state index in [0.29, 0.717) is 12.5 Å². The van der Waals surface area contributed by atoms with Gasteiger partial charge in [0.15, 0.2) is 0 Å². The Morgan fingerprint density at radius 3 is 2.48 bits per heavy atom. The predicted octanol–water partition coefficient (Wildman–Crippen LogP) is 2.81. The summed E-state index contributed by atoms with van der Waals surface area (Å²) in [5.41, 5.74) is 2.22. The van der Waals surface area contributed by atoms with E-state index in [1.165, 1.54) is 0 Å². The number of methoxy groups -OCH3 is 1. The SMILES string of the molecule is COc1cc(C)ccc1C(C)NC(C)C(=O)NCC(C)C. The van der Waals surface area contributed by atoms with Crippen LogP contribution in [-0.2, 0) is 4.79 Å². The fourth-order valence-corrected chi connectivity index (χ4v) is 2.17. The minimum Gasteiger partial charge on any atom is -0.496 e. The summed E-state index contributed by atoms with van der Waals surface area (Å²) in [6.07, 6.45) is 0. The maximum Gasteiger partial charge on any atom is 0.236 e. The first-order valence-electron chi connectivity index (χ1n) is 7.53. The summed E-state index contributed by atoms with van der Waals surface area (Å²) in [4.78, 5) is 12.0. The molecule has 0 aliphatic carbocycles. The van der Waals surface area contributed by atoms with Crippen molar-refractivity contribution >= 4 is 5.91 Å². The monoisotopic (exact) mass is 292 g/mol. The van der Waals surface area contributed by atoms with Gasteiger partial charge in [-0.3, -0.25) is 10.1 Å². The summed E-state index contributed by atoms with van der Waals surface area (Å²) in [7, 11) is 1.67. The van der Waals surface area contributed by atoms with Gasteiger partial charge in [-0.1, -0.05) is 26.0 Å². The van der Waals surface area contributed by atoms with Crippen molar-refractivity contribution in [2.45, 2.75) is 46.7 Å². The minimum atomic E-state index is -0.246. The Balaban J connectivity index is 2.68. The number of benzene rings is 1. The van der Waals surface area contributed by atoms with Crippen LogP contribution >= 0.6 is 0 Å². The second-order valence-corrected chi connectivity index (χ2v) is 5.99. The topological polar surface area (TPSA) is 50.4 Å². The molecule has 0 radical (unpaired) electrons. The van der Waals surface area contributed by atoms with Crippen molar-refractivity contribution in [1.29, 1.82) is 0 Å². The summed E-state index contributed by atoms with van der Waals surface area (Å²) in [5.74, 6) is 1.34. The number of carbonyl (C=O) groups is 1.